The number of rotatable bonds is 5. The lowest BCUT2D eigenvalue weighted by Crippen LogP contribution is -2.30. The summed E-state index contributed by atoms with van der Waals surface area (Å²) in [4.78, 5) is 24.7. The molecule has 1 heterocycles. The number of aryl methyl sites for hydroxylation is 2. The molecule has 0 aliphatic carbocycles. The number of nitrogens with zero attached hydrogens (tertiary/aromatic N) is 1. The summed E-state index contributed by atoms with van der Waals surface area (Å²) in [5.41, 5.74) is -0.0240. The topological polar surface area (TPSA) is 54.9 Å². The van der Waals surface area contributed by atoms with Crippen LogP contribution in [0.1, 0.15) is 18.9 Å². The summed E-state index contributed by atoms with van der Waals surface area (Å²) in [7, 11) is 0. The maximum atomic E-state index is 11.4. The molecule has 1 rings (SSSR count). The van der Waals surface area contributed by atoms with E-state index in [1.54, 1.807) is 17.7 Å². The summed E-state index contributed by atoms with van der Waals surface area (Å²) in [5.74, 6) is 2.14. The molecule has 0 bridgehead atoms. The van der Waals surface area contributed by atoms with E-state index in [-0.39, 0.29) is 11.2 Å². The SMILES string of the molecule is CCSCCCn1cc(C)c(=O)[nH]c1=O. The summed E-state index contributed by atoms with van der Waals surface area (Å²) in [5, 5.41) is 0. The van der Waals surface area contributed by atoms with Crippen LogP contribution in [0.15, 0.2) is 15.8 Å². The molecule has 84 valence electrons. The normalized spacial score (nSPS) is 10.5. The van der Waals surface area contributed by atoms with Crippen molar-refractivity contribution < 1.29 is 0 Å². The summed E-state index contributed by atoms with van der Waals surface area (Å²) >= 11 is 1.85. The molecule has 5 heteroatoms. The van der Waals surface area contributed by atoms with E-state index in [4.69, 9.17) is 0 Å². The van der Waals surface area contributed by atoms with Crippen molar-refractivity contribution >= 4 is 11.8 Å². The van der Waals surface area contributed by atoms with Gasteiger partial charge in [-0.2, -0.15) is 11.8 Å². The highest BCUT2D eigenvalue weighted by Crippen LogP contribution is 2.01. The average molecular weight is 228 g/mol. The van der Waals surface area contributed by atoms with E-state index in [0.29, 0.717) is 12.1 Å². The van der Waals surface area contributed by atoms with Gasteiger partial charge in [-0.25, -0.2) is 4.79 Å². The predicted molar refractivity (Wildman–Crippen MR) is 63.7 cm³/mol. The molecule has 0 saturated carbocycles. The fraction of sp³-hybridized carbons (Fsp3) is 0.600. The number of H-pyrrole nitrogens is 1. The standard InChI is InChI=1S/C10H16N2O2S/c1-3-15-6-4-5-12-7-8(2)9(13)11-10(12)14/h7H,3-6H2,1-2H3,(H,11,13,14). The van der Waals surface area contributed by atoms with Crippen molar-refractivity contribution in [2.24, 2.45) is 0 Å². The molecule has 0 radical (unpaired) electrons. The zero-order chi connectivity index (χ0) is 11.3. The second-order valence-electron chi connectivity index (χ2n) is 3.32. The van der Waals surface area contributed by atoms with Gasteiger partial charge >= 0.3 is 5.69 Å². The van der Waals surface area contributed by atoms with Gasteiger partial charge in [-0.3, -0.25) is 9.78 Å². The predicted octanol–water partition coefficient (Wildman–Crippen LogP) is 0.988. The number of hydrogen-bond acceptors (Lipinski definition) is 3. The summed E-state index contributed by atoms with van der Waals surface area (Å²) in [6.45, 7) is 4.49. The third-order valence-corrected chi connectivity index (χ3v) is 3.07. The fourth-order valence-electron chi connectivity index (χ4n) is 1.27. The molecule has 0 aliphatic heterocycles. The molecular weight excluding hydrogens is 212 g/mol. The van der Waals surface area contributed by atoms with Crippen LogP contribution in [0.3, 0.4) is 0 Å². The maximum Gasteiger partial charge on any atom is 0.328 e. The van der Waals surface area contributed by atoms with Gasteiger partial charge in [0.2, 0.25) is 0 Å². The Bertz CT molecular complexity index is 422. The first kappa shape index (κ1) is 12.1. The molecule has 1 N–H and O–H groups in total. The van der Waals surface area contributed by atoms with Crippen LogP contribution in [0, 0.1) is 6.92 Å². The van der Waals surface area contributed by atoms with E-state index in [2.05, 4.69) is 11.9 Å². The molecule has 0 aromatic carbocycles. The van der Waals surface area contributed by atoms with Crippen LogP contribution in [-0.2, 0) is 6.54 Å². The minimum absolute atomic E-state index is 0.292. The molecular formula is C10H16N2O2S. The van der Waals surface area contributed by atoms with Gasteiger partial charge in [0.05, 0.1) is 0 Å². The highest BCUT2D eigenvalue weighted by molar-refractivity contribution is 7.99. The lowest BCUT2D eigenvalue weighted by molar-refractivity contribution is 0.632. The molecule has 0 fully saturated rings. The molecule has 1 aromatic heterocycles. The van der Waals surface area contributed by atoms with Crippen LogP contribution >= 0.6 is 11.8 Å². The van der Waals surface area contributed by atoms with Crippen molar-refractivity contribution in [1.29, 1.82) is 0 Å². The van der Waals surface area contributed by atoms with Gasteiger partial charge in [0.1, 0.15) is 0 Å². The van der Waals surface area contributed by atoms with Crippen LogP contribution in [-0.4, -0.2) is 21.1 Å². The first-order valence-electron chi connectivity index (χ1n) is 5.03. The van der Waals surface area contributed by atoms with Crippen molar-refractivity contribution in [2.75, 3.05) is 11.5 Å². The zero-order valence-corrected chi connectivity index (χ0v) is 9.89. The molecule has 0 aliphatic rings. The molecule has 0 spiro atoms. The Labute approximate surface area is 92.7 Å². The van der Waals surface area contributed by atoms with Gasteiger partial charge in [0.15, 0.2) is 0 Å². The Balaban J connectivity index is 2.66. The van der Waals surface area contributed by atoms with Gasteiger partial charge in [0, 0.05) is 18.3 Å². The molecule has 0 saturated heterocycles. The Hall–Kier alpha value is -0.970. The largest absolute Gasteiger partial charge is 0.328 e. The Morgan fingerprint density at radius 3 is 2.87 bits per heavy atom. The second kappa shape index (κ2) is 5.80. The van der Waals surface area contributed by atoms with E-state index in [1.165, 1.54) is 0 Å². The van der Waals surface area contributed by atoms with Crippen LogP contribution in [0.25, 0.3) is 0 Å². The van der Waals surface area contributed by atoms with E-state index in [9.17, 15) is 9.59 Å². The molecule has 0 amide bonds. The average Bonchev–Trinajstić information content (AvgIpc) is 2.20. The number of thioether (sulfide) groups is 1. The lowest BCUT2D eigenvalue weighted by Gasteiger charge is -2.04. The molecule has 15 heavy (non-hydrogen) atoms. The van der Waals surface area contributed by atoms with Crippen LogP contribution in [0.2, 0.25) is 0 Å². The second-order valence-corrected chi connectivity index (χ2v) is 4.71. The summed E-state index contributed by atoms with van der Waals surface area (Å²) in [6, 6.07) is 0. The van der Waals surface area contributed by atoms with Crippen molar-refractivity contribution in [3.05, 3.63) is 32.6 Å². The molecule has 1 aromatic rings. The third-order valence-electron chi connectivity index (χ3n) is 2.08. The highest BCUT2D eigenvalue weighted by Gasteiger charge is 1.99. The van der Waals surface area contributed by atoms with Crippen molar-refractivity contribution in [2.45, 2.75) is 26.8 Å². The molecule has 0 unspecified atom stereocenters. The van der Waals surface area contributed by atoms with E-state index >= 15 is 0 Å². The minimum Gasteiger partial charge on any atom is -0.300 e. The number of aromatic amines is 1. The van der Waals surface area contributed by atoms with Crippen LogP contribution in [0.4, 0.5) is 0 Å². The van der Waals surface area contributed by atoms with Crippen LogP contribution in [0.5, 0.6) is 0 Å². The maximum absolute atomic E-state index is 11.4. The summed E-state index contributed by atoms with van der Waals surface area (Å²) < 4.78 is 1.56. The van der Waals surface area contributed by atoms with E-state index in [0.717, 1.165) is 17.9 Å². The van der Waals surface area contributed by atoms with E-state index in [1.807, 2.05) is 11.8 Å². The number of nitrogens with one attached hydrogen (secondary N) is 1. The van der Waals surface area contributed by atoms with Crippen molar-refractivity contribution in [1.82, 2.24) is 9.55 Å². The van der Waals surface area contributed by atoms with Gasteiger partial charge in [-0.05, 0) is 24.9 Å². The highest BCUT2D eigenvalue weighted by atomic mass is 32.2. The quantitative estimate of drug-likeness (QED) is 0.765. The Morgan fingerprint density at radius 1 is 1.47 bits per heavy atom. The fourth-order valence-corrected chi connectivity index (χ4v) is 1.89. The monoisotopic (exact) mass is 228 g/mol. The lowest BCUT2D eigenvalue weighted by atomic mass is 10.4. The number of hydrogen-bond donors (Lipinski definition) is 1. The van der Waals surface area contributed by atoms with Gasteiger partial charge in [-0.15, -0.1) is 0 Å². The minimum atomic E-state index is -0.313. The van der Waals surface area contributed by atoms with Gasteiger partial charge < -0.3 is 4.57 Å². The third kappa shape index (κ3) is 3.58. The summed E-state index contributed by atoms with van der Waals surface area (Å²) in [6.07, 6.45) is 2.57. The van der Waals surface area contributed by atoms with Gasteiger partial charge in [0.25, 0.3) is 5.56 Å². The first-order valence-corrected chi connectivity index (χ1v) is 6.18. The smallest absolute Gasteiger partial charge is 0.300 e. The number of aromatic nitrogens is 2. The van der Waals surface area contributed by atoms with Gasteiger partial charge in [-0.1, -0.05) is 6.92 Å². The zero-order valence-electron chi connectivity index (χ0n) is 9.08. The van der Waals surface area contributed by atoms with Crippen LogP contribution < -0.4 is 11.2 Å². The Morgan fingerprint density at radius 2 is 2.20 bits per heavy atom. The molecule has 4 nitrogen and oxygen atoms in total. The first-order chi connectivity index (χ1) is 7.15. The van der Waals surface area contributed by atoms with E-state index < -0.39 is 0 Å². The molecule has 0 atom stereocenters. The van der Waals surface area contributed by atoms with Crippen molar-refractivity contribution in [3.8, 4) is 0 Å². The Kier molecular flexibility index (Phi) is 4.68. The van der Waals surface area contributed by atoms with Crippen molar-refractivity contribution in [3.63, 3.8) is 0 Å².